The SMILES string of the molecule is COc1ccc(N=Nc2cc(Cl)c3ccccc3c2O)cc1. The lowest BCUT2D eigenvalue weighted by atomic mass is 10.1. The molecule has 3 rings (SSSR count). The summed E-state index contributed by atoms with van der Waals surface area (Å²) in [4.78, 5) is 0. The van der Waals surface area contributed by atoms with Crippen LogP contribution in [0.4, 0.5) is 11.4 Å². The van der Waals surface area contributed by atoms with Gasteiger partial charge in [-0.05, 0) is 30.3 Å². The van der Waals surface area contributed by atoms with Crippen LogP contribution in [0.5, 0.6) is 11.5 Å². The summed E-state index contributed by atoms with van der Waals surface area (Å²) < 4.78 is 5.09. The van der Waals surface area contributed by atoms with Gasteiger partial charge in [0.15, 0.2) is 5.75 Å². The van der Waals surface area contributed by atoms with Crippen LogP contribution >= 0.6 is 11.6 Å². The summed E-state index contributed by atoms with van der Waals surface area (Å²) in [5.41, 5.74) is 0.990. The van der Waals surface area contributed by atoms with Crippen LogP contribution in [0.2, 0.25) is 5.02 Å². The molecule has 22 heavy (non-hydrogen) atoms. The zero-order chi connectivity index (χ0) is 15.5. The van der Waals surface area contributed by atoms with E-state index in [0.717, 1.165) is 11.1 Å². The Balaban J connectivity index is 1.99. The molecule has 0 heterocycles. The van der Waals surface area contributed by atoms with E-state index in [0.29, 0.717) is 21.8 Å². The topological polar surface area (TPSA) is 54.2 Å². The minimum absolute atomic E-state index is 0.0669. The number of azo groups is 1. The molecule has 0 saturated heterocycles. The van der Waals surface area contributed by atoms with Gasteiger partial charge in [0.1, 0.15) is 11.4 Å². The van der Waals surface area contributed by atoms with Gasteiger partial charge in [-0.15, -0.1) is 5.11 Å². The first-order valence-electron chi connectivity index (χ1n) is 6.65. The van der Waals surface area contributed by atoms with Crippen LogP contribution in [-0.2, 0) is 0 Å². The number of halogens is 1. The maximum atomic E-state index is 10.3. The number of methoxy groups -OCH3 is 1. The van der Waals surface area contributed by atoms with Gasteiger partial charge < -0.3 is 9.84 Å². The van der Waals surface area contributed by atoms with E-state index in [1.807, 2.05) is 18.2 Å². The van der Waals surface area contributed by atoms with Crippen LogP contribution in [0, 0.1) is 0 Å². The quantitative estimate of drug-likeness (QED) is 0.638. The number of phenolic OH excluding ortho intramolecular Hbond substituents is 1. The van der Waals surface area contributed by atoms with Gasteiger partial charge in [0, 0.05) is 10.8 Å². The first-order chi connectivity index (χ1) is 10.7. The first kappa shape index (κ1) is 14.4. The minimum atomic E-state index is 0.0669. The van der Waals surface area contributed by atoms with Crippen molar-refractivity contribution in [2.75, 3.05) is 7.11 Å². The third-order valence-electron chi connectivity index (χ3n) is 3.29. The molecule has 0 amide bonds. The minimum Gasteiger partial charge on any atom is -0.505 e. The second-order valence-electron chi connectivity index (χ2n) is 4.67. The predicted molar refractivity (Wildman–Crippen MR) is 87.8 cm³/mol. The monoisotopic (exact) mass is 312 g/mol. The number of hydrogen-bond acceptors (Lipinski definition) is 4. The number of rotatable bonds is 3. The van der Waals surface area contributed by atoms with Crippen molar-refractivity contribution >= 4 is 33.7 Å². The van der Waals surface area contributed by atoms with E-state index >= 15 is 0 Å². The maximum Gasteiger partial charge on any atom is 0.151 e. The fraction of sp³-hybridized carbons (Fsp3) is 0.0588. The standard InChI is InChI=1S/C17H13ClN2O2/c1-22-12-8-6-11(7-9-12)19-20-16-10-15(18)13-4-2-3-5-14(13)17(16)21/h2-10,21H,1H3. The molecular weight excluding hydrogens is 300 g/mol. The Kier molecular flexibility index (Phi) is 3.94. The van der Waals surface area contributed by atoms with Gasteiger partial charge in [0.25, 0.3) is 0 Å². The third-order valence-corrected chi connectivity index (χ3v) is 3.60. The zero-order valence-corrected chi connectivity index (χ0v) is 12.6. The van der Waals surface area contributed by atoms with Gasteiger partial charge in [-0.2, -0.15) is 5.11 Å². The van der Waals surface area contributed by atoms with E-state index in [1.165, 1.54) is 0 Å². The number of ether oxygens (including phenoxy) is 1. The molecule has 3 aromatic rings. The maximum absolute atomic E-state index is 10.3. The second-order valence-corrected chi connectivity index (χ2v) is 5.08. The molecule has 0 aliphatic rings. The van der Waals surface area contributed by atoms with Crippen LogP contribution in [0.1, 0.15) is 0 Å². The van der Waals surface area contributed by atoms with Gasteiger partial charge in [0.05, 0.1) is 17.8 Å². The number of aromatic hydroxyl groups is 1. The summed E-state index contributed by atoms with van der Waals surface area (Å²) in [6.45, 7) is 0. The molecule has 110 valence electrons. The van der Waals surface area contributed by atoms with Crippen molar-refractivity contribution in [3.8, 4) is 11.5 Å². The lowest BCUT2D eigenvalue weighted by Gasteiger charge is -2.05. The van der Waals surface area contributed by atoms with Crippen molar-refractivity contribution in [3.05, 3.63) is 59.6 Å². The van der Waals surface area contributed by atoms with Crippen molar-refractivity contribution in [1.82, 2.24) is 0 Å². The molecule has 0 aromatic heterocycles. The van der Waals surface area contributed by atoms with Crippen LogP contribution < -0.4 is 4.74 Å². The third kappa shape index (κ3) is 2.73. The van der Waals surface area contributed by atoms with Crippen molar-refractivity contribution in [2.24, 2.45) is 10.2 Å². The molecule has 3 aromatic carbocycles. The van der Waals surface area contributed by atoms with Crippen molar-refractivity contribution in [3.63, 3.8) is 0 Å². The molecule has 1 N–H and O–H groups in total. The van der Waals surface area contributed by atoms with E-state index in [2.05, 4.69) is 10.2 Å². The summed E-state index contributed by atoms with van der Waals surface area (Å²) in [5, 5.41) is 20.5. The molecule has 4 nitrogen and oxygen atoms in total. The molecule has 0 saturated carbocycles. The first-order valence-corrected chi connectivity index (χ1v) is 7.03. The lowest BCUT2D eigenvalue weighted by molar-refractivity contribution is 0.415. The highest BCUT2D eigenvalue weighted by Crippen LogP contribution is 2.39. The molecule has 0 bridgehead atoms. The molecule has 5 heteroatoms. The number of hydrogen-bond donors (Lipinski definition) is 1. The van der Waals surface area contributed by atoms with Gasteiger partial charge in [-0.25, -0.2) is 0 Å². The summed E-state index contributed by atoms with van der Waals surface area (Å²) in [5.74, 6) is 0.813. The van der Waals surface area contributed by atoms with Gasteiger partial charge in [-0.3, -0.25) is 0 Å². The molecule has 0 atom stereocenters. The Labute approximate surface area is 132 Å². The van der Waals surface area contributed by atoms with Crippen LogP contribution in [0.25, 0.3) is 10.8 Å². The average Bonchev–Trinajstić information content (AvgIpc) is 2.57. The number of nitrogens with zero attached hydrogens (tertiary/aromatic N) is 2. The zero-order valence-electron chi connectivity index (χ0n) is 11.8. The van der Waals surface area contributed by atoms with Crippen LogP contribution in [-0.4, -0.2) is 12.2 Å². The highest BCUT2D eigenvalue weighted by Gasteiger charge is 2.09. The molecule has 0 aliphatic heterocycles. The Morgan fingerprint density at radius 1 is 0.955 bits per heavy atom. The summed E-state index contributed by atoms with van der Waals surface area (Å²) in [6, 6.07) is 16.1. The van der Waals surface area contributed by atoms with E-state index in [4.69, 9.17) is 16.3 Å². The largest absolute Gasteiger partial charge is 0.505 e. The van der Waals surface area contributed by atoms with Crippen LogP contribution in [0.15, 0.2) is 64.8 Å². The predicted octanol–water partition coefficient (Wildman–Crippen LogP) is 5.62. The number of phenols is 1. The van der Waals surface area contributed by atoms with E-state index in [-0.39, 0.29) is 5.75 Å². The molecule has 0 fully saturated rings. The highest BCUT2D eigenvalue weighted by atomic mass is 35.5. The number of fused-ring (bicyclic) bond motifs is 1. The van der Waals surface area contributed by atoms with Gasteiger partial charge in [-0.1, -0.05) is 35.9 Å². The van der Waals surface area contributed by atoms with E-state index in [1.54, 1.807) is 43.5 Å². The smallest absolute Gasteiger partial charge is 0.151 e. The summed E-state index contributed by atoms with van der Waals surface area (Å²) in [7, 11) is 1.60. The second kappa shape index (κ2) is 6.03. The van der Waals surface area contributed by atoms with Crippen molar-refractivity contribution in [2.45, 2.75) is 0 Å². The van der Waals surface area contributed by atoms with E-state index < -0.39 is 0 Å². The molecule has 0 aliphatic carbocycles. The fourth-order valence-electron chi connectivity index (χ4n) is 2.14. The van der Waals surface area contributed by atoms with Crippen LogP contribution in [0.3, 0.4) is 0 Å². The summed E-state index contributed by atoms with van der Waals surface area (Å²) >= 11 is 6.23. The molecule has 0 radical (unpaired) electrons. The lowest BCUT2D eigenvalue weighted by Crippen LogP contribution is -1.79. The molecule has 0 unspecified atom stereocenters. The number of benzene rings is 3. The average molecular weight is 313 g/mol. The Morgan fingerprint density at radius 2 is 1.64 bits per heavy atom. The molecular formula is C17H13ClN2O2. The van der Waals surface area contributed by atoms with E-state index in [9.17, 15) is 5.11 Å². The van der Waals surface area contributed by atoms with Crippen molar-refractivity contribution in [1.29, 1.82) is 0 Å². The Morgan fingerprint density at radius 3 is 2.32 bits per heavy atom. The normalized spacial score (nSPS) is 11.2. The van der Waals surface area contributed by atoms with Gasteiger partial charge in [0.2, 0.25) is 0 Å². The highest BCUT2D eigenvalue weighted by molar-refractivity contribution is 6.36. The van der Waals surface area contributed by atoms with Crippen molar-refractivity contribution < 1.29 is 9.84 Å². The van der Waals surface area contributed by atoms with Gasteiger partial charge >= 0.3 is 0 Å². The Hall–Kier alpha value is -2.59. The summed E-state index contributed by atoms with van der Waals surface area (Å²) in [6.07, 6.45) is 0. The Bertz CT molecular complexity index is 845. The fourth-order valence-corrected chi connectivity index (χ4v) is 2.41. The molecule has 0 spiro atoms.